The summed E-state index contributed by atoms with van der Waals surface area (Å²) < 4.78 is 47.4. The van der Waals surface area contributed by atoms with Crippen molar-refractivity contribution in [2.75, 3.05) is 11.5 Å². The molecule has 1 unspecified atom stereocenters. The Hall–Kier alpha value is -4.34. The Kier molecular flexibility index (Phi) is 7.43. The van der Waals surface area contributed by atoms with Gasteiger partial charge < -0.3 is 14.6 Å². The van der Waals surface area contributed by atoms with Gasteiger partial charge in [-0.15, -0.1) is 13.2 Å². The van der Waals surface area contributed by atoms with E-state index in [1.54, 1.807) is 36.4 Å². The van der Waals surface area contributed by atoms with Gasteiger partial charge in [0.2, 0.25) is 0 Å². The number of ketones is 1. The maximum atomic E-state index is 13.3. The number of aliphatic hydroxyl groups excluding tert-OH is 1. The molecule has 3 aromatic rings. The van der Waals surface area contributed by atoms with E-state index in [0.717, 1.165) is 22.6 Å². The first-order chi connectivity index (χ1) is 18.0. The molecule has 0 spiro atoms. The Morgan fingerprint density at radius 2 is 1.79 bits per heavy atom. The average molecular weight is 527 g/mol. The molecule has 198 valence electrons. The molecule has 2 heterocycles. The molecule has 0 radical (unpaired) electrons. The predicted molar refractivity (Wildman–Crippen MR) is 134 cm³/mol. The number of benzene rings is 2. The lowest BCUT2D eigenvalue weighted by Gasteiger charge is -2.25. The summed E-state index contributed by atoms with van der Waals surface area (Å²) in [6.07, 6.45) is -3.41. The van der Waals surface area contributed by atoms with Crippen LogP contribution in [-0.4, -0.2) is 34.8 Å². The van der Waals surface area contributed by atoms with E-state index in [1.165, 1.54) is 18.3 Å². The number of hydrogen-bond donors (Lipinski definition) is 1. The van der Waals surface area contributed by atoms with Crippen molar-refractivity contribution in [3.05, 3.63) is 89.3 Å². The number of Topliss-reactive ketones (excluding diaryl/α,β-unsaturated/α-hetero) is 1. The quantitative estimate of drug-likeness (QED) is 0.226. The normalized spacial score (nSPS) is 17.2. The van der Waals surface area contributed by atoms with Gasteiger partial charge >= 0.3 is 6.36 Å². The fourth-order valence-electron chi connectivity index (χ4n) is 4.31. The minimum Gasteiger partial charge on any atom is -0.507 e. The van der Waals surface area contributed by atoms with E-state index in [-0.39, 0.29) is 17.2 Å². The van der Waals surface area contributed by atoms with Gasteiger partial charge in [0.05, 0.1) is 17.9 Å². The van der Waals surface area contributed by atoms with Crippen LogP contribution in [0.4, 0.5) is 18.9 Å². The molecule has 1 aliphatic rings. The van der Waals surface area contributed by atoms with Gasteiger partial charge in [-0.3, -0.25) is 19.5 Å². The van der Waals surface area contributed by atoms with Gasteiger partial charge in [-0.25, -0.2) is 0 Å². The Morgan fingerprint density at radius 1 is 1.08 bits per heavy atom. The lowest BCUT2D eigenvalue weighted by atomic mass is 9.94. The SMILES string of the molecule is CCOc1ccc(/C(O)=C2/C(=O)C(=O)N(c3ccc(OC(F)(F)F)cc3)C2c2ccccn2)cc1C(C)C. The van der Waals surface area contributed by atoms with E-state index in [0.29, 0.717) is 23.6 Å². The fraction of sp³-hybridized carbons (Fsp3) is 0.250. The van der Waals surface area contributed by atoms with Crippen LogP contribution in [-0.2, 0) is 9.59 Å². The van der Waals surface area contributed by atoms with Gasteiger partial charge in [0.25, 0.3) is 11.7 Å². The molecule has 38 heavy (non-hydrogen) atoms. The van der Waals surface area contributed by atoms with Crippen LogP contribution in [0.15, 0.2) is 72.4 Å². The van der Waals surface area contributed by atoms with Crippen molar-refractivity contribution in [3.8, 4) is 11.5 Å². The maximum absolute atomic E-state index is 13.3. The summed E-state index contributed by atoms with van der Waals surface area (Å²) in [5, 5.41) is 11.4. The number of carbonyl (C=O) groups excluding carboxylic acids is 2. The molecule has 4 rings (SSSR count). The van der Waals surface area contributed by atoms with E-state index in [4.69, 9.17) is 4.74 Å². The zero-order valence-corrected chi connectivity index (χ0v) is 20.8. The Bertz CT molecular complexity index is 1370. The molecule has 1 amide bonds. The summed E-state index contributed by atoms with van der Waals surface area (Å²) >= 11 is 0. The van der Waals surface area contributed by atoms with Gasteiger partial charge in [-0.1, -0.05) is 19.9 Å². The van der Waals surface area contributed by atoms with Gasteiger partial charge in [0.1, 0.15) is 23.3 Å². The van der Waals surface area contributed by atoms with Crippen LogP contribution >= 0.6 is 0 Å². The number of nitrogens with zero attached hydrogens (tertiary/aromatic N) is 2. The van der Waals surface area contributed by atoms with Crippen molar-refractivity contribution in [3.63, 3.8) is 0 Å². The number of rotatable bonds is 7. The number of ether oxygens (including phenoxy) is 2. The molecule has 1 N–H and O–H groups in total. The minimum absolute atomic E-state index is 0.0377. The number of carbonyl (C=O) groups is 2. The van der Waals surface area contributed by atoms with Crippen molar-refractivity contribution in [2.45, 2.75) is 39.1 Å². The molecule has 0 bridgehead atoms. The van der Waals surface area contributed by atoms with Crippen molar-refractivity contribution in [1.29, 1.82) is 0 Å². The molecule has 1 fully saturated rings. The molecule has 2 aromatic carbocycles. The average Bonchev–Trinajstić information content (AvgIpc) is 3.14. The minimum atomic E-state index is -4.88. The number of hydrogen-bond acceptors (Lipinski definition) is 6. The predicted octanol–water partition coefficient (Wildman–Crippen LogP) is 6.13. The second kappa shape index (κ2) is 10.6. The van der Waals surface area contributed by atoms with Crippen molar-refractivity contribution in [1.82, 2.24) is 4.98 Å². The van der Waals surface area contributed by atoms with E-state index >= 15 is 0 Å². The highest BCUT2D eigenvalue weighted by atomic mass is 19.4. The Morgan fingerprint density at radius 3 is 2.37 bits per heavy atom. The van der Waals surface area contributed by atoms with Gasteiger partial charge in [-0.05, 0) is 73.0 Å². The molecule has 10 heteroatoms. The molecular weight excluding hydrogens is 501 g/mol. The molecule has 1 atom stereocenters. The number of aromatic nitrogens is 1. The van der Waals surface area contributed by atoms with E-state index < -0.39 is 35.6 Å². The summed E-state index contributed by atoms with van der Waals surface area (Å²) in [6.45, 7) is 6.22. The largest absolute Gasteiger partial charge is 0.573 e. The smallest absolute Gasteiger partial charge is 0.507 e. The van der Waals surface area contributed by atoms with Crippen molar-refractivity contribution in [2.24, 2.45) is 0 Å². The molecule has 0 saturated carbocycles. The summed E-state index contributed by atoms with van der Waals surface area (Å²) in [5.41, 5.74) is 1.35. The number of anilines is 1. The van der Waals surface area contributed by atoms with Gasteiger partial charge in [0.15, 0.2) is 0 Å². The van der Waals surface area contributed by atoms with Crippen molar-refractivity contribution < 1.29 is 37.3 Å². The number of aliphatic hydroxyl groups is 1. The summed E-state index contributed by atoms with van der Waals surface area (Å²) in [6, 6.07) is 13.3. The molecule has 7 nitrogen and oxygen atoms in total. The lowest BCUT2D eigenvalue weighted by molar-refractivity contribution is -0.274. The van der Waals surface area contributed by atoms with Crippen LogP contribution in [0.1, 0.15) is 49.6 Å². The second-order valence-corrected chi connectivity index (χ2v) is 8.81. The highest BCUT2D eigenvalue weighted by molar-refractivity contribution is 6.51. The summed E-state index contributed by atoms with van der Waals surface area (Å²) in [7, 11) is 0. The number of halogens is 3. The van der Waals surface area contributed by atoms with E-state index in [9.17, 15) is 27.9 Å². The third-order valence-corrected chi connectivity index (χ3v) is 5.97. The first-order valence-electron chi connectivity index (χ1n) is 11.9. The highest BCUT2D eigenvalue weighted by Crippen LogP contribution is 2.42. The number of amides is 1. The first-order valence-corrected chi connectivity index (χ1v) is 11.9. The zero-order valence-electron chi connectivity index (χ0n) is 20.8. The van der Waals surface area contributed by atoms with Gasteiger partial charge in [-0.2, -0.15) is 0 Å². The highest BCUT2D eigenvalue weighted by Gasteiger charge is 2.47. The van der Waals surface area contributed by atoms with Crippen LogP contribution in [0, 0.1) is 0 Å². The maximum Gasteiger partial charge on any atom is 0.573 e. The second-order valence-electron chi connectivity index (χ2n) is 8.81. The summed E-state index contributed by atoms with van der Waals surface area (Å²) in [5.74, 6) is -2.11. The Labute approximate surface area is 217 Å². The topological polar surface area (TPSA) is 89.0 Å². The van der Waals surface area contributed by atoms with Gasteiger partial charge in [0, 0.05) is 17.4 Å². The van der Waals surface area contributed by atoms with E-state index in [2.05, 4.69) is 9.72 Å². The summed E-state index contributed by atoms with van der Waals surface area (Å²) in [4.78, 5) is 31.9. The van der Waals surface area contributed by atoms with Crippen LogP contribution in [0.25, 0.3) is 5.76 Å². The molecule has 1 aliphatic heterocycles. The molecule has 1 aromatic heterocycles. The van der Waals surface area contributed by atoms with Crippen LogP contribution in [0.3, 0.4) is 0 Å². The Balaban J connectivity index is 1.85. The standard InChI is InChI=1S/C28H25F3N2O5/c1-4-37-22-13-8-17(15-20(22)16(2)3)25(34)23-24(21-7-5-6-14-32-21)33(27(36)26(23)35)18-9-11-19(12-10-18)38-28(29,30)31/h5-16,24,34H,4H2,1-3H3/b25-23-. The molecule has 0 aliphatic carbocycles. The lowest BCUT2D eigenvalue weighted by Crippen LogP contribution is -2.29. The van der Waals surface area contributed by atoms with Crippen LogP contribution in [0.2, 0.25) is 0 Å². The molecular formula is C28H25F3N2O5. The monoisotopic (exact) mass is 526 g/mol. The van der Waals surface area contributed by atoms with Crippen molar-refractivity contribution >= 4 is 23.1 Å². The molecule has 1 saturated heterocycles. The van der Waals surface area contributed by atoms with E-state index in [1.807, 2.05) is 20.8 Å². The number of alkyl halides is 3. The fourth-order valence-corrected chi connectivity index (χ4v) is 4.31. The van der Waals surface area contributed by atoms with Crippen LogP contribution in [0.5, 0.6) is 11.5 Å². The van der Waals surface area contributed by atoms with Crippen LogP contribution < -0.4 is 14.4 Å². The number of pyridine rings is 1. The third kappa shape index (κ3) is 5.34. The first kappa shape index (κ1) is 26.7. The zero-order chi connectivity index (χ0) is 27.6. The third-order valence-electron chi connectivity index (χ3n) is 5.97.